The van der Waals surface area contributed by atoms with Gasteiger partial charge in [0.05, 0.1) is 11.7 Å². The summed E-state index contributed by atoms with van der Waals surface area (Å²) in [6, 6.07) is 0.700. The topological polar surface area (TPSA) is 24.5 Å². The van der Waals surface area contributed by atoms with Crippen molar-refractivity contribution in [2.24, 2.45) is 5.92 Å². The zero-order valence-electron chi connectivity index (χ0n) is 12.5. The van der Waals surface area contributed by atoms with Crippen molar-refractivity contribution in [2.45, 2.75) is 64.7 Å². The molecule has 1 N–H and O–H groups in total. The Morgan fingerprint density at radius 2 is 2.17 bits per heavy atom. The van der Waals surface area contributed by atoms with Gasteiger partial charge in [-0.15, -0.1) is 0 Å². The van der Waals surface area contributed by atoms with Crippen molar-refractivity contribution in [3.8, 4) is 0 Å². The van der Waals surface area contributed by atoms with Crippen LogP contribution in [0.4, 0.5) is 0 Å². The fraction of sp³-hybridized carbons (Fsp3) is 1.00. The number of nitrogens with one attached hydrogen (secondary N) is 1. The molecule has 0 aromatic rings. The first-order valence-electron chi connectivity index (χ1n) is 7.59. The van der Waals surface area contributed by atoms with Crippen molar-refractivity contribution in [1.29, 1.82) is 0 Å². The van der Waals surface area contributed by atoms with E-state index in [1.807, 2.05) is 0 Å². The van der Waals surface area contributed by atoms with Crippen molar-refractivity contribution in [3.05, 3.63) is 0 Å². The number of rotatable bonds is 4. The monoisotopic (exact) mass is 254 g/mol. The van der Waals surface area contributed by atoms with Gasteiger partial charge < -0.3 is 10.1 Å². The van der Waals surface area contributed by atoms with Crippen LogP contribution in [0.5, 0.6) is 0 Å². The van der Waals surface area contributed by atoms with E-state index in [1.165, 1.54) is 25.8 Å². The molecule has 3 heteroatoms. The lowest BCUT2D eigenvalue weighted by Gasteiger charge is -2.38. The summed E-state index contributed by atoms with van der Waals surface area (Å²) in [5, 5.41) is 3.53. The lowest BCUT2D eigenvalue weighted by atomic mass is 10.00. The van der Waals surface area contributed by atoms with Gasteiger partial charge in [-0.05, 0) is 39.0 Å². The third kappa shape index (κ3) is 3.94. The Kier molecular flexibility index (Phi) is 4.68. The van der Waals surface area contributed by atoms with E-state index in [4.69, 9.17) is 4.74 Å². The Morgan fingerprint density at radius 1 is 1.39 bits per heavy atom. The summed E-state index contributed by atoms with van der Waals surface area (Å²) in [5.41, 5.74) is 0.103. The molecule has 0 aromatic heterocycles. The van der Waals surface area contributed by atoms with Gasteiger partial charge in [0.15, 0.2) is 0 Å². The fourth-order valence-corrected chi connectivity index (χ4v) is 3.29. The van der Waals surface area contributed by atoms with E-state index < -0.39 is 0 Å². The maximum Gasteiger partial charge on any atom is 0.0710 e. The molecular weight excluding hydrogens is 224 g/mol. The average Bonchev–Trinajstić information content (AvgIpc) is 2.60. The van der Waals surface area contributed by atoms with Crippen LogP contribution < -0.4 is 5.32 Å². The Labute approximate surface area is 112 Å². The van der Waals surface area contributed by atoms with E-state index in [1.54, 1.807) is 0 Å². The molecule has 2 unspecified atom stereocenters. The normalized spacial score (nSPS) is 33.2. The first kappa shape index (κ1) is 14.3. The van der Waals surface area contributed by atoms with Crippen LogP contribution in [0.3, 0.4) is 0 Å². The quantitative estimate of drug-likeness (QED) is 0.833. The number of hydrogen-bond donors (Lipinski definition) is 1. The van der Waals surface area contributed by atoms with Crippen molar-refractivity contribution < 1.29 is 4.74 Å². The first-order valence-corrected chi connectivity index (χ1v) is 7.59. The summed E-state index contributed by atoms with van der Waals surface area (Å²) in [5.74, 6) is 0.776. The second-order valence-electron chi connectivity index (χ2n) is 7.02. The molecule has 2 rings (SSSR count). The molecule has 2 heterocycles. The molecule has 0 bridgehead atoms. The van der Waals surface area contributed by atoms with Gasteiger partial charge in [-0.3, -0.25) is 4.90 Å². The second-order valence-corrected chi connectivity index (χ2v) is 7.02. The van der Waals surface area contributed by atoms with Crippen LogP contribution in [0.25, 0.3) is 0 Å². The van der Waals surface area contributed by atoms with Gasteiger partial charge in [-0.25, -0.2) is 0 Å². The SMILES string of the molecule is CC(C)CC1CNCCN1CC1CCC(C)(C)O1. The minimum absolute atomic E-state index is 0.103. The number of piperazine rings is 1. The molecule has 2 aliphatic rings. The summed E-state index contributed by atoms with van der Waals surface area (Å²) in [6.45, 7) is 13.7. The van der Waals surface area contributed by atoms with Crippen LogP contribution in [0.15, 0.2) is 0 Å². The average molecular weight is 254 g/mol. The molecule has 0 aliphatic carbocycles. The highest BCUT2D eigenvalue weighted by Gasteiger charge is 2.34. The van der Waals surface area contributed by atoms with E-state index in [-0.39, 0.29) is 5.60 Å². The number of nitrogens with zero attached hydrogens (tertiary/aromatic N) is 1. The predicted molar refractivity (Wildman–Crippen MR) is 75.9 cm³/mol. The highest BCUT2D eigenvalue weighted by molar-refractivity contribution is 4.87. The minimum atomic E-state index is 0.103. The second kappa shape index (κ2) is 5.89. The molecule has 2 saturated heterocycles. The summed E-state index contributed by atoms with van der Waals surface area (Å²) in [4.78, 5) is 2.66. The van der Waals surface area contributed by atoms with Crippen molar-refractivity contribution in [3.63, 3.8) is 0 Å². The Balaban J connectivity index is 1.86. The molecule has 2 atom stereocenters. The van der Waals surface area contributed by atoms with Crippen LogP contribution in [0, 0.1) is 5.92 Å². The van der Waals surface area contributed by atoms with E-state index in [2.05, 4.69) is 37.9 Å². The molecule has 3 nitrogen and oxygen atoms in total. The molecule has 18 heavy (non-hydrogen) atoms. The lowest BCUT2D eigenvalue weighted by molar-refractivity contribution is -0.0371. The zero-order chi connectivity index (χ0) is 13.2. The van der Waals surface area contributed by atoms with Gasteiger partial charge in [0.1, 0.15) is 0 Å². The molecule has 2 aliphatic heterocycles. The van der Waals surface area contributed by atoms with Gasteiger partial charge in [0.2, 0.25) is 0 Å². The minimum Gasteiger partial charge on any atom is -0.371 e. The smallest absolute Gasteiger partial charge is 0.0710 e. The van der Waals surface area contributed by atoms with E-state index in [9.17, 15) is 0 Å². The van der Waals surface area contributed by atoms with E-state index >= 15 is 0 Å². The maximum atomic E-state index is 6.14. The fourth-order valence-electron chi connectivity index (χ4n) is 3.29. The Morgan fingerprint density at radius 3 is 2.78 bits per heavy atom. The Hall–Kier alpha value is -0.120. The number of hydrogen-bond acceptors (Lipinski definition) is 3. The van der Waals surface area contributed by atoms with E-state index in [0.717, 1.165) is 25.6 Å². The first-order chi connectivity index (χ1) is 8.46. The van der Waals surface area contributed by atoms with Gasteiger partial charge in [-0.2, -0.15) is 0 Å². The van der Waals surface area contributed by atoms with Crippen molar-refractivity contribution >= 4 is 0 Å². The van der Waals surface area contributed by atoms with Gasteiger partial charge in [0, 0.05) is 32.2 Å². The van der Waals surface area contributed by atoms with Crippen LogP contribution in [0.2, 0.25) is 0 Å². The van der Waals surface area contributed by atoms with E-state index in [0.29, 0.717) is 12.1 Å². The summed E-state index contributed by atoms with van der Waals surface area (Å²) in [6.07, 6.45) is 4.18. The van der Waals surface area contributed by atoms with Gasteiger partial charge in [0.25, 0.3) is 0 Å². The summed E-state index contributed by atoms with van der Waals surface area (Å²) >= 11 is 0. The standard InChI is InChI=1S/C15H30N2O/c1-12(2)9-13-10-16-7-8-17(13)11-14-5-6-15(3,4)18-14/h12-14,16H,5-11H2,1-4H3. The maximum absolute atomic E-state index is 6.14. The third-order valence-electron chi connectivity index (χ3n) is 4.21. The molecule has 0 amide bonds. The van der Waals surface area contributed by atoms with Gasteiger partial charge in [-0.1, -0.05) is 13.8 Å². The van der Waals surface area contributed by atoms with Crippen LogP contribution in [0.1, 0.15) is 47.0 Å². The predicted octanol–water partition coefficient (Wildman–Crippen LogP) is 2.26. The molecular formula is C15H30N2O. The lowest BCUT2D eigenvalue weighted by Crippen LogP contribution is -2.53. The molecule has 2 fully saturated rings. The number of ether oxygens (including phenoxy) is 1. The third-order valence-corrected chi connectivity index (χ3v) is 4.21. The van der Waals surface area contributed by atoms with Crippen molar-refractivity contribution in [1.82, 2.24) is 10.2 Å². The van der Waals surface area contributed by atoms with Crippen LogP contribution in [-0.4, -0.2) is 48.8 Å². The molecule has 0 radical (unpaired) electrons. The highest BCUT2D eigenvalue weighted by atomic mass is 16.5. The summed E-state index contributed by atoms with van der Waals surface area (Å²) in [7, 11) is 0. The Bertz CT molecular complexity index is 265. The van der Waals surface area contributed by atoms with Crippen LogP contribution >= 0.6 is 0 Å². The molecule has 106 valence electrons. The molecule has 0 saturated carbocycles. The van der Waals surface area contributed by atoms with Crippen molar-refractivity contribution in [2.75, 3.05) is 26.2 Å². The zero-order valence-corrected chi connectivity index (χ0v) is 12.5. The van der Waals surface area contributed by atoms with Gasteiger partial charge >= 0.3 is 0 Å². The van der Waals surface area contributed by atoms with Crippen LogP contribution in [-0.2, 0) is 4.74 Å². The molecule has 0 aromatic carbocycles. The molecule has 0 spiro atoms. The largest absolute Gasteiger partial charge is 0.371 e. The summed E-state index contributed by atoms with van der Waals surface area (Å²) < 4.78 is 6.14. The highest BCUT2D eigenvalue weighted by Crippen LogP contribution is 2.30.